The first-order valence-corrected chi connectivity index (χ1v) is 6.65. The maximum Gasteiger partial charge on any atom is 0.183 e. The van der Waals surface area contributed by atoms with Gasteiger partial charge in [-0.25, -0.2) is 14.6 Å². The van der Waals surface area contributed by atoms with Crippen LogP contribution in [0.5, 0.6) is 0 Å². The smallest absolute Gasteiger partial charge is 0.183 e. The molecule has 2 aromatic heterocycles. The fourth-order valence-electron chi connectivity index (χ4n) is 2.75. The SMILES string of the molecule is Cn1nnc2c(N3CCc4ccccc4C3)ncnc21. The van der Waals surface area contributed by atoms with Gasteiger partial charge in [0.25, 0.3) is 0 Å². The first-order valence-electron chi connectivity index (χ1n) is 6.65. The summed E-state index contributed by atoms with van der Waals surface area (Å²) in [5.41, 5.74) is 4.32. The number of hydrogen-bond acceptors (Lipinski definition) is 5. The predicted octanol–water partition coefficient (Wildman–Crippen LogP) is 1.32. The normalized spacial score (nSPS) is 14.6. The molecule has 1 aliphatic rings. The van der Waals surface area contributed by atoms with Crippen molar-refractivity contribution in [2.45, 2.75) is 13.0 Å². The van der Waals surface area contributed by atoms with E-state index in [-0.39, 0.29) is 0 Å². The first-order chi connectivity index (χ1) is 9.83. The molecule has 0 unspecified atom stereocenters. The van der Waals surface area contributed by atoms with Crippen molar-refractivity contribution in [3.8, 4) is 0 Å². The van der Waals surface area contributed by atoms with E-state index in [1.165, 1.54) is 11.1 Å². The number of aryl methyl sites for hydroxylation is 1. The van der Waals surface area contributed by atoms with Crippen LogP contribution in [0.4, 0.5) is 5.82 Å². The van der Waals surface area contributed by atoms with Crippen molar-refractivity contribution in [2.75, 3.05) is 11.4 Å². The second kappa shape index (κ2) is 4.26. The third-order valence-corrected chi connectivity index (χ3v) is 3.80. The van der Waals surface area contributed by atoms with Crippen molar-refractivity contribution in [1.82, 2.24) is 25.0 Å². The Kier molecular flexibility index (Phi) is 2.42. The fourth-order valence-corrected chi connectivity index (χ4v) is 2.75. The van der Waals surface area contributed by atoms with Crippen molar-refractivity contribution in [1.29, 1.82) is 0 Å². The Balaban J connectivity index is 1.78. The molecule has 0 bridgehead atoms. The highest BCUT2D eigenvalue weighted by Crippen LogP contribution is 2.26. The monoisotopic (exact) mass is 266 g/mol. The van der Waals surface area contributed by atoms with Crippen LogP contribution in [0.25, 0.3) is 11.2 Å². The molecule has 0 aliphatic carbocycles. The van der Waals surface area contributed by atoms with E-state index in [1.807, 2.05) is 7.05 Å². The first kappa shape index (κ1) is 11.3. The number of rotatable bonds is 1. The van der Waals surface area contributed by atoms with Crippen molar-refractivity contribution in [3.63, 3.8) is 0 Å². The summed E-state index contributed by atoms with van der Waals surface area (Å²) in [6.45, 7) is 1.80. The Morgan fingerprint density at radius 3 is 2.85 bits per heavy atom. The zero-order valence-electron chi connectivity index (χ0n) is 11.2. The van der Waals surface area contributed by atoms with Gasteiger partial charge in [0, 0.05) is 20.1 Å². The molecular weight excluding hydrogens is 252 g/mol. The lowest BCUT2D eigenvalue weighted by molar-refractivity contribution is 0.722. The van der Waals surface area contributed by atoms with Gasteiger partial charge >= 0.3 is 0 Å². The van der Waals surface area contributed by atoms with Gasteiger partial charge in [-0.15, -0.1) is 5.10 Å². The van der Waals surface area contributed by atoms with Gasteiger partial charge < -0.3 is 4.90 Å². The molecule has 0 atom stereocenters. The van der Waals surface area contributed by atoms with Crippen molar-refractivity contribution < 1.29 is 0 Å². The van der Waals surface area contributed by atoms with E-state index in [4.69, 9.17) is 0 Å². The number of hydrogen-bond donors (Lipinski definition) is 0. The highest BCUT2D eigenvalue weighted by atomic mass is 15.4. The predicted molar refractivity (Wildman–Crippen MR) is 75.3 cm³/mol. The van der Waals surface area contributed by atoms with E-state index in [9.17, 15) is 0 Å². The van der Waals surface area contributed by atoms with Crippen LogP contribution in [0.15, 0.2) is 30.6 Å². The second-order valence-corrected chi connectivity index (χ2v) is 5.02. The maximum absolute atomic E-state index is 4.42. The van der Waals surface area contributed by atoms with Crippen molar-refractivity contribution in [3.05, 3.63) is 41.7 Å². The van der Waals surface area contributed by atoms with Crippen LogP contribution in [-0.2, 0) is 20.0 Å². The zero-order valence-corrected chi connectivity index (χ0v) is 11.2. The Morgan fingerprint density at radius 1 is 1.10 bits per heavy atom. The van der Waals surface area contributed by atoms with Gasteiger partial charge in [0.05, 0.1) is 0 Å². The quantitative estimate of drug-likeness (QED) is 0.665. The van der Waals surface area contributed by atoms with Gasteiger partial charge in [0.2, 0.25) is 0 Å². The van der Waals surface area contributed by atoms with Gasteiger partial charge in [-0.2, -0.15) is 0 Å². The molecule has 3 heterocycles. The van der Waals surface area contributed by atoms with Crippen LogP contribution < -0.4 is 4.90 Å². The molecule has 100 valence electrons. The highest BCUT2D eigenvalue weighted by molar-refractivity contribution is 5.82. The molecule has 0 N–H and O–H groups in total. The minimum Gasteiger partial charge on any atom is -0.350 e. The second-order valence-electron chi connectivity index (χ2n) is 5.02. The summed E-state index contributed by atoms with van der Waals surface area (Å²) < 4.78 is 1.68. The minimum atomic E-state index is 0.772. The summed E-state index contributed by atoms with van der Waals surface area (Å²) in [6.07, 6.45) is 2.61. The third kappa shape index (κ3) is 1.65. The number of benzene rings is 1. The van der Waals surface area contributed by atoms with Gasteiger partial charge in [0.1, 0.15) is 6.33 Å². The molecule has 3 aromatic rings. The molecule has 0 fully saturated rings. The molecular formula is C14H14N6. The van der Waals surface area contributed by atoms with E-state index < -0.39 is 0 Å². The summed E-state index contributed by atoms with van der Waals surface area (Å²) in [6, 6.07) is 8.56. The standard InChI is InChI=1S/C14H14N6/c1-19-13-12(17-18-19)14(16-9-15-13)20-7-6-10-4-2-3-5-11(10)8-20/h2-5,9H,6-8H2,1H3. The van der Waals surface area contributed by atoms with Crippen LogP contribution in [0.2, 0.25) is 0 Å². The van der Waals surface area contributed by atoms with Gasteiger partial charge in [-0.05, 0) is 17.5 Å². The lowest BCUT2D eigenvalue weighted by Gasteiger charge is -2.29. The molecule has 6 nitrogen and oxygen atoms in total. The number of anilines is 1. The van der Waals surface area contributed by atoms with Gasteiger partial charge in [0.15, 0.2) is 17.0 Å². The maximum atomic E-state index is 4.42. The molecule has 0 saturated carbocycles. The summed E-state index contributed by atoms with van der Waals surface area (Å²) >= 11 is 0. The van der Waals surface area contributed by atoms with Crippen LogP contribution in [0.1, 0.15) is 11.1 Å². The summed E-state index contributed by atoms with van der Waals surface area (Å²) in [5, 5.41) is 8.23. The highest BCUT2D eigenvalue weighted by Gasteiger charge is 2.20. The van der Waals surface area contributed by atoms with E-state index in [0.717, 1.165) is 36.5 Å². The Hall–Kier alpha value is -2.50. The largest absolute Gasteiger partial charge is 0.350 e. The molecule has 4 rings (SSSR count). The Bertz CT molecular complexity index is 778. The minimum absolute atomic E-state index is 0.772. The molecule has 6 heteroatoms. The molecule has 1 aliphatic heterocycles. The average Bonchev–Trinajstić information content (AvgIpc) is 2.88. The summed E-state index contributed by atoms with van der Waals surface area (Å²) in [5.74, 6) is 0.873. The number of fused-ring (bicyclic) bond motifs is 2. The molecule has 20 heavy (non-hydrogen) atoms. The topological polar surface area (TPSA) is 59.7 Å². The van der Waals surface area contributed by atoms with Crippen LogP contribution in [-0.4, -0.2) is 31.5 Å². The summed E-state index contributed by atoms with van der Waals surface area (Å²) in [4.78, 5) is 10.9. The van der Waals surface area contributed by atoms with Crippen molar-refractivity contribution in [2.24, 2.45) is 7.05 Å². The lowest BCUT2D eigenvalue weighted by atomic mass is 10.00. The van der Waals surface area contributed by atoms with E-state index in [1.54, 1.807) is 11.0 Å². The van der Waals surface area contributed by atoms with Crippen molar-refractivity contribution >= 4 is 17.0 Å². The lowest BCUT2D eigenvalue weighted by Crippen LogP contribution is -2.31. The average molecular weight is 266 g/mol. The van der Waals surface area contributed by atoms with Gasteiger partial charge in [-0.1, -0.05) is 29.5 Å². The molecule has 0 amide bonds. The fraction of sp³-hybridized carbons (Fsp3) is 0.286. The molecule has 0 spiro atoms. The van der Waals surface area contributed by atoms with Crippen LogP contribution in [0, 0.1) is 0 Å². The number of aromatic nitrogens is 5. The van der Waals surface area contributed by atoms with E-state index in [0.29, 0.717) is 0 Å². The van der Waals surface area contributed by atoms with E-state index in [2.05, 4.69) is 49.4 Å². The van der Waals surface area contributed by atoms with Gasteiger partial charge in [-0.3, -0.25) is 0 Å². The molecule has 1 aromatic carbocycles. The van der Waals surface area contributed by atoms with E-state index >= 15 is 0 Å². The van der Waals surface area contributed by atoms with Crippen LogP contribution >= 0.6 is 0 Å². The Morgan fingerprint density at radius 2 is 1.95 bits per heavy atom. The summed E-state index contributed by atoms with van der Waals surface area (Å²) in [7, 11) is 1.84. The zero-order chi connectivity index (χ0) is 13.5. The third-order valence-electron chi connectivity index (χ3n) is 3.80. The molecule has 0 radical (unpaired) electrons. The Labute approximate surface area is 116 Å². The molecule has 0 saturated heterocycles. The number of nitrogens with zero attached hydrogens (tertiary/aromatic N) is 6. The van der Waals surface area contributed by atoms with Crippen LogP contribution in [0.3, 0.4) is 0 Å².